The zero-order valence-corrected chi connectivity index (χ0v) is 14.6. The van der Waals surface area contributed by atoms with Gasteiger partial charge >= 0.3 is 7.67 Å². The highest BCUT2D eigenvalue weighted by Gasteiger charge is 2.47. The van der Waals surface area contributed by atoms with Gasteiger partial charge in [-0.25, -0.2) is 9.34 Å². The second-order valence-corrected chi connectivity index (χ2v) is 8.53. The third kappa shape index (κ3) is 3.57. The van der Waals surface area contributed by atoms with E-state index >= 15 is 0 Å². The van der Waals surface area contributed by atoms with Gasteiger partial charge in [0.25, 0.3) is 0 Å². The van der Waals surface area contributed by atoms with Gasteiger partial charge in [-0.1, -0.05) is 30.3 Å². The summed E-state index contributed by atoms with van der Waals surface area (Å²) in [5.74, 6) is 0. The van der Waals surface area contributed by atoms with E-state index in [0.29, 0.717) is 13.1 Å². The van der Waals surface area contributed by atoms with Crippen molar-refractivity contribution in [3.05, 3.63) is 35.9 Å². The Labute approximate surface area is 128 Å². The molecule has 0 aromatic heterocycles. The van der Waals surface area contributed by atoms with Gasteiger partial charge in [-0.05, 0) is 40.2 Å². The lowest BCUT2D eigenvalue weighted by Crippen LogP contribution is -2.38. The Morgan fingerprint density at radius 3 is 2.33 bits per heavy atom. The molecule has 2 atom stereocenters. The van der Waals surface area contributed by atoms with E-state index < -0.39 is 7.67 Å². The fourth-order valence-electron chi connectivity index (χ4n) is 3.06. The molecule has 0 N–H and O–H groups in total. The second kappa shape index (κ2) is 6.62. The van der Waals surface area contributed by atoms with Crippen molar-refractivity contribution in [2.75, 3.05) is 6.54 Å². The smallest absolute Gasteiger partial charge is 0.301 e. The first kappa shape index (κ1) is 16.7. The predicted octanol–water partition coefficient (Wildman–Crippen LogP) is 4.13. The molecule has 0 saturated carbocycles. The highest BCUT2D eigenvalue weighted by Crippen LogP contribution is 2.61. The van der Waals surface area contributed by atoms with Crippen LogP contribution < -0.4 is 0 Å². The molecule has 21 heavy (non-hydrogen) atoms. The van der Waals surface area contributed by atoms with Gasteiger partial charge in [0.1, 0.15) is 0 Å². The van der Waals surface area contributed by atoms with Crippen molar-refractivity contribution in [1.29, 1.82) is 0 Å². The minimum Gasteiger partial charge on any atom is -0.301 e. The molecule has 1 aromatic rings. The van der Waals surface area contributed by atoms with Crippen LogP contribution in [-0.4, -0.2) is 34.1 Å². The summed E-state index contributed by atoms with van der Waals surface area (Å²) in [6, 6.07) is 10.5. The molecule has 1 heterocycles. The van der Waals surface area contributed by atoms with Crippen molar-refractivity contribution in [1.82, 2.24) is 9.34 Å². The zero-order chi connectivity index (χ0) is 15.6. The molecule has 1 aliphatic heterocycles. The second-order valence-electron chi connectivity index (χ2n) is 6.31. The van der Waals surface area contributed by atoms with Crippen molar-refractivity contribution >= 4 is 7.67 Å². The van der Waals surface area contributed by atoms with Gasteiger partial charge in [-0.15, -0.1) is 0 Å². The van der Waals surface area contributed by atoms with E-state index in [2.05, 4.69) is 39.8 Å². The van der Waals surface area contributed by atoms with Crippen LogP contribution in [0.4, 0.5) is 0 Å². The molecule has 0 bridgehead atoms. The lowest BCUT2D eigenvalue weighted by atomic mass is 10.2. The summed E-state index contributed by atoms with van der Waals surface area (Å²) in [5, 5.41) is 0. The topological polar surface area (TPSA) is 32.8 Å². The average Bonchev–Trinajstić information content (AvgIpc) is 2.64. The van der Waals surface area contributed by atoms with Crippen LogP contribution in [0.3, 0.4) is 0 Å². The molecule has 0 spiro atoms. The van der Waals surface area contributed by atoms with Crippen LogP contribution >= 0.6 is 7.67 Å². The van der Waals surface area contributed by atoms with E-state index in [-0.39, 0.29) is 18.2 Å². The van der Waals surface area contributed by atoms with Crippen molar-refractivity contribution in [3.63, 3.8) is 0 Å². The van der Waals surface area contributed by atoms with Crippen LogP contribution in [0.15, 0.2) is 30.3 Å². The largest absolute Gasteiger partial charge is 0.347 e. The average molecular weight is 310 g/mol. The fraction of sp³-hybridized carbons (Fsp3) is 0.625. The van der Waals surface area contributed by atoms with Gasteiger partial charge < -0.3 is 4.52 Å². The van der Waals surface area contributed by atoms with Crippen LogP contribution in [0.1, 0.15) is 40.2 Å². The molecule has 0 amide bonds. The van der Waals surface area contributed by atoms with E-state index in [1.807, 2.05) is 34.5 Å². The Morgan fingerprint density at radius 1 is 1.24 bits per heavy atom. The zero-order valence-electron chi connectivity index (χ0n) is 13.7. The van der Waals surface area contributed by atoms with Gasteiger partial charge in [-0.3, -0.25) is 4.57 Å². The Kier molecular flexibility index (Phi) is 5.26. The highest BCUT2D eigenvalue weighted by molar-refractivity contribution is 7.54. The minimum atomic E-state index is -2.96. The van der Waals surface area contributed by atoms with Crippen LogP contribution in [-0.2, 0) is 15.6 Å². The molecule has 4 nitrogen and oxygen atoms in total. The molecule has 0 aliphatic carbocycles. The number of benzene rings is 1. The molecule has 2 unspecified atom stereocenters. The monoisotopic (exact) mass is 310 g/mol. The van der Waals surface area contributed by atoms with E-state index in [9.17, 15) is 4.57 Å². The fourth-order valence-corrected chi connectivity index (χ4v) is 6.08. The Balaban J connectivity index is 2.28. The summed E-state index contributed by atoms with van der Waals surface area (Å²) in [4.78, 5) is 0. The standard InChI is InChI=1S/C16H27N2O2P/c1-13(2)18(14(3)4)21(19)17(11-15(5)20-21)12-16-9-7-6-8-10-16/h6-10,13-15H,11-12H2,1-5H3. The first-order valence-corrected chi connectivity index (χ1v) is 9.24. The quantitative estimate of drug-likeness (QED) is 0.765. The number of rotatable bonds is 5. The third-order valence-electron chi connectivity index (χ3n) is 3.70. The summed E-state index contributed by atoms with van der Waals surface area (Å²) in [6.07, 6.45) is -0.000421. The summed E-state index contributed by atoms with van der Waals surface area (Å²) in [6.45, 7) is 11.7. The van der Waals surface area contributed by atoms with Gasteiger partial charge in [-0.2, -0.15) is 0 Å². The van der Waals surface area contributed by atoms with Gasteiger partial charge in [0, 0.05) is 25.2 Å². The lowest BCUT2D eigenvalue weighted by Gasteiger charge is -2.38. The molecule has 1 aromatic carbocycles. The molecule has 1 fully saturated rings. The van der Waals surface area contributed by atoms with E-state index in [1.165, 1.54) is 5.56 Å². The van der Waals surface area contributed by atoms with Crippen molar-refractivity contribution < 1.29 is 9.09 Å². The maximum atomic E-state index is 13.6. The van der Waals surface area contributed by atoms with Crippen LogP contribution in [0.25, 0.3) is 0 Å². The van der Waals surface area contributed by atoms with Crippen LogP contribution in [0, 0.1) is 0 Å². The number of hydrogen-bond donors (Lipinski definition) is 0. The maximum absolute atomic E-state index is 13.6. The number of hydrogen-bond acceptors (Lipinski definition) is 2. The van der Waals surface area contributed by atoms with E-state index in [4.69, 9.17) is 4.52 Å². The van der Waals surface area contributed by atoms with Crippen molar-refractivity contribution in [3.8, 4) is 0 Å². The van der Waals surface area contributed by atoms with Crippen molar-refractivity contribution in [2.45, 2.75) is 59.4 Å². The SMILES string of the molecule is CC1CN(Cc2ccccc2)P(=O)(N(C(C)C)C(C)C)O1. The van der Waals surface area contributed by atoms with E-state index in [0.717, 1.165) is 0 Å². The van der Waals surface area contributed by atoms with Gasteiger partial charge in [0.05, 0.1) is 6.10 Å². The van der Waals surface area contributed by atoms with Crippen molar-refractivity contribution in [2.24, 2.45) is 0 Å². The highest BCUT2D eigenvalue weighted by atomic mass is 31.2. The normalized spacial score (nSPS) is 27.1. The Hall–Kier alpha value is -0.670. The Bertz CT molecular complexity index is 496. The first-order valence-electron chi connectivity index (χ1n) is 7.71. The van der Waals surface area contributed by atoms with E-state index in [1.54, 1.807) is 0 Å². The first-order chi connectivity index (χ1) is 9.84. The third-order valence-corrected chi connectivity index (χ3v) is 6.86. The molecule has 118 valence electrons. The molecular formula is C16H27N2O2P. The summed E-state index contributed by atoms with van der Waals surface area (Å²) < 4.78 is 23.5. The summed E-state index contributed by atoms with van der Waals surface area (Å²) in [5.41, 5.74) is 1.17. The van der Waals surface area contributed by atoms with Crippen LogP contribution in [0.5, 0.6) is 0 Å². The molecule has 1 saturated heterocycles. The Morgan fingerprint density at radius 2 is 1.81 bits per heavy atom. The van der Waals surface area contributed by atoms with Gasteiger partial charge in [0.2, 0.25) is 0 Å². The molecule has 2 rings (SSSR count). The molecule has 1 aliphatic rings. The number of nitrogens with zero attached hydrogens (tertiary/aromatic N) is 2. The van der Waals surface area contributed by atoms with Gasteiger partial charge in [0.15, 0.2) is 0 Å². The minimum absolute atomic E-state index is 0.000421. The lowest BCUT2D eigenvalue weighted by molar-refractivity contribution is 0.199. The van der Waals surface area contributed by atoms with Crippen LogP contribution in [0.2, 0.25) is 0 Å². The summed E-state index contributed by atoms with van der Waals surface area (Å²) in [7, 11) is -2.96. The predicted molar refractivity (Wildman–Crippen MR) is 87.1 cm³/mol. The molecular weight excluding hydrogens is 283 g/mol. The summed E-state index contributed by atoms with van der Waals surface area (Å²) >= 11 is 0. The molecule has 5 heteroatoms. The molecule has 0 radical (unpaired) electrons. The maximum Gasteiger partial charge on any atom is 0.347 e.